The second-order valence-electron chi connectivity index (χ2n) is 4.74. The monoisotopic (exact) mass is 192 g/mol. The molecule has 0 aliphatic heterocycles. The van der Waals surface area contributed by atoms with Gasteiger partial charge in [-0.05, 0) is 26.3 Å². The van der Waals surface area contributed by atoms with Gasteiger partial charge < -0.3 is 4.74 Å². The van der Waals surface area contributed by atoms with E-state index < -0.39 is 0 Å². The highest BCUT2D eigenvalue weighted by Crippen LogP contribution is 2.17. The summed E-state index contributed by atoms with van der Waals surface area (Å²) in [5, 5.41) is 0. The molecule has 0 aliphatic rings. The van der Waals surface area contributed by atoms with Crippen molar-refractivity contribution in [2.45, 2.75) is 39.2 Å². The number of hydrogen-bond donors (Lipinski definition) is 0. The average molecular weight is 192 g/mol. The van der Waals surface area contributed by atoms with Crippen molar-refractivity contribution < 1.29 is 4.74 Å². The fraction of sp³-hybridized carbons (Fsp3) is 0.538. The molecule has 0 saturated heterocycles. The van der Waals surface area contributed by atoms with E-state index in [0.717, 1.165) is 6.61 Å². The molecular formula is C13H20O. The minimum Gasteiger partial charge on any atom is -0.375 e. The Kier molecular flexibility index (Phi) is 3.70. The lowest BCUT2D eigenvalue weighted by Gasteiger charge is -2.22. The molecule has 0 N–H and O–H groups in total. The summed E-state index contributed by atoms with van der Waals surface area (Å²) in [5.41, 5.74) is 1.31. The Bertz CT molecular complexity index is 258. The Morgan fingerprint density at radius 2 is 1.71 bits per heavy atom. The van der Waals surface area contributed by atoms with Gasteiger partial charge in [0.2, 0.25) is 0 Å². The summed E-state index contributed by atoms with van der Waals surface area (Å²) in [6.07, 6.45) is 0. The summed E-state index contributed by atoms with van der Waals surface area (Å²) < 4.78 is 5.75. The topological polar surface area (TPSA) is 9.23 Å². The minimum atomic E-state index is -0.0387. The molecule has 1 rings (SSSR count). The summed E-state index contributed by atoms with van der Waals surface area (Å²) in [7, 11) is 0. The molecule has 0 amide bonds. The van der Waals surface area contributed by atoms with Gasteiger partial charge in [0.15, 0.2) is 0 Å². The van der Waals surface area contributed by atoms with Crippen LogP contribution in [0.15, 0.2) is 30.3 Å². The van der Waals surface area contributed by atoms with Gasteiger partial charge in [0.05, 0.1) is 12.2 Å². The molecule has 78 valence electrons. The van der Waals surface area contributed by atoms with Crippen molar-refractivity contribution in [3.8, 4) is 0 Å². The fourth-order valence-corrected chi connectivity index (χ4v) is 1.25. The summed E-state index contributed by atoms with van der Waals surface area (Å²) in [6.45, 7) is 9.24. The lowest BCUT2D eigenvalue weighted by molar-refractivity contribution is -0.00887. The van der Waals surface area contributed by atoms with Crippen LogP contribution in [0.2, 0.25) is 0 Å². The molecule has 0 aliphatic carbocycles. The molecule has 1 atom stereocenters. The van der Waals surface area contributed by atoms with Crippen molar-refractivity contribution in [2.75, 3.05) is 6.61 Å². The van der Waals surface area contributed by atoms with Crippen LogP contribution in [-0.2, 0) is 4.74 Å². The molecule has 0 radical (unpaired) electrons. The van der Waals surface area contributed by atoms with Gasteiger partial charge in [-0.3, -0.25) is 0 Å². The molecule has 0 fully saturated rings. The van der Waals surface area contributed by atoms with Crippen LogP contribution in [0.25, 0.3) is 0 Å². The Morgan fingerprint density at radius 3 is 2.21 bits per heavy atom. The average Bonchev–Trinajstić information content (AvgIpc) is 2.14. The van der Waals surface area contributed by atoms with E-state index in [-0.39, 0.29) is 5.60 Å². The first-order valence-electron chi connectivity index (χ1n) is 5.18. The molecule has 0 bridgehead atoms. The van der Waals surface area contributed by atoms with Gasteiger partial charge in [0.25, 0.3) is 0 Å². The van der Waals surface area contributed by atoms with Crippen molar-refractivity contribution in [1.29, 1.82) is 0 Å². The van der Waals surface area contributed by atoms with Gasteiger partial charge in [-0.2, -0.15) is 0 Å². The third kappa shape index (κ3) is 3.93. The van der Waals surface area contributed by atoms with Gasteiger partial charge in [0, 0.05) is 5.92 Å². The summed E-state index contributed by atoms with van der Waals surface area (Å²) in [5.74, 6) is 0.468. The van der Waals surface area contributed by atoms with E-state index in [4.69, 9.17) is 4.74 Å². The zero-order chi connectivity index (χ0) is 10.6. The maximum atomic E-state index is 5.75. The van der Waals surface area contributed by atoms with Gasteiger partial charge in [-0.15, -0.1) is 0 Å². The van der Waals surface area contributed by atoms with Crippen molar-refractivity contribution in [3.63, 3.8) is 0 Å². The van der Waals surface area contributed by atoms with Gasteiger partial charge in [-0.25, -0.2) is 0 Å². The Hall–Kier alpha value is -0.820. The van der Waals surface area contributed by atoms with Crippen LogP contribution in [0.4, 0.5) is 0 Å². The number of hydrogen-bond acceptors (Lipinski definition) is 1. The van der Waals surface area contributed by atoms with E-state index in [1.807, 2.05) is 6.07 Å². The predicted octanol–water partition coefficient (Wildman–Crippen LogP) is 3.61. The highest BCUT2D eigenvalue weighted by Gasteiger charge is 2.13. The quantitative estimate of drug-likeness (QED) is 0.711. The summed E-state index contributed by atoms with van der Waals surface area (Å²) >= 11 is 0. The van der Waals surface area contributed by atoms with Crippen LogP contribution in [0.3, 0.4) is 0 Å². The number of benzene rings is 1. The van der Waals surface area contributed by atoms with E-state index in [9.17, 15) is 0 Å². The molecule has 1 aromatic rings. The van der Waals surface area contributed by atoms with Crippen LogP contribution >= 0.6 is 0 Å². The number of rotatable bonds is 3. The molecule has 1 heteroatoms. The third-order valence-corrected chi connectivity index (χ3v) is 2.13. The van der Waals surface area contributed by atoms with Gasteiger partial charge in [0.1, 0.15) is 0 Å². The third-order valence-electron chi connectivity index (χ3n) is 2.13. The summed E-state index contributed by atoms with van der Waals surface area (Å²) in [6, 6.07) is 10.5. The maximum Gasteiger partial charge on any atom is 0.0598 e. The van der Waals surface area contributed by atoms with E-state index >= 15 is 0 Å². The highest BCUT2D eigenvalue weighted by atomic mass is 16.5. The summed E-state index contributed by atoms with van der Waals surface area (Å²) in [4.78, 5) is 0. The van der Waals surface area contributed by atoms with Crippen molar-refractivity contribution in [3.05, 3.63) is 35.9 Å². The zero-order valence-corrected chi connectivity index (χ0v) is 9.58. The van der Waals surface area contributed by atoms with Crippen LogP contribution < -0.4 is 0 Å². The molecule has 0 heterocycles. The van der Waals surface area contributed by atoms with Crippen LogP contribution in [-0.4, -0.2) is 12.2 Å². The lowest BCUT2D eigenvalue weighted by atomic mass is 10.0. The van der Waals surface area contributed by atoms with Crippen LogP contribution in [0.5, 0.6) is 0 Å². The molecule has 0 saturated carbocycles. The Balaban J connectivity index is 2.48. The molecule has 0 aromatic heterocycles. The molecule has 1 unspecified atom stereocenters. The molecule has 1 aromatic carbocycles. The predicted molar refractivity (Wildman–Crippen MR) is 60.6 cm³/mol. The van der Waals surface area contributed by atoms with Crippen LogP contribution in [0, 0.1) is 0 Å². The van der Waals surface area contributed by atoms with E-state index in [1.54, 1.807) is 0 Å². The second-order valence-corrected chi connectivity index (χ2v) is 4.74. The first kappa shape index (κ1) is 11.3. The van der Waals surface area contributed by atoms with E-state index in [1.165, 1.54) is 5.56 Å². The zero-order valence-electron chi connectivity index (χ0n) is 9.58. The second kappa shape index (κ2) is 4.61. The van der Waals surface area contributed by atoms with Crippen molar-refractivity contribution in [1.82, 2.24) is 0 Å². The highest BCUT2D eigenvalue weighted by molar-refractivity contribution is 5.18. The largest absolute Gasteiger partial charge is 0.375 e. The maximum absolute atomic E-state index is 5.75. The molecule has 0 spiro atoms. The van der Waals surface area contributed by atoms with E-state index in [0.29, 0.717) is 5.92 Å². The first-order valence-corrected chi connectivity index (χ1v) is 5.18. The SMILES string of the molecule is CC(COC(C)(C)C)c1ccccc1. The van der Waals surface area contributed by atoms with Crippen LogP contribution in [0.1, 0.15) is 39.2 Å². The smallest absolute Gasteiger partial charge is 0.0598 e. The first-order chi connectivity index (χ1) is 6.49. The number of ether oxygens (including phenoxy) is 1. The standard InChI is InChI=1S/C13H20O/c1-11(10-14-13(2,3)4)12-8-6-5-7-9-12/h5-9,11H,10H2,1-4H3. The molecule has 14 heavy (non-hydrogen) atoms. The van der Waals surface area contributed by atoms with Crippen molar-refractivity contribution >= 4 is 0 Å². The lowest BCUT2D eigenvalue weighted by Crippen LogP contribution is -2.22. The molecular weight excluding hydrogens is 172 g/mol. The van der Waals surface area contributed by atoms with Crippen molar-refractivity contribution in [2.24, 2.45) is 0 Å². The van der Waals surface area contributed by atoms with Gasteiger partial charge >= 0.3 is 0 Å². The normalized spacial score (nSPS) is 14.0. The van der Waals surface area contributed by atoms with E-state index in [2.05, 4.69) is 52.0 Å². The minimum absolute atomic E-state index is 0.0387. The fourth-order valence-electron chi connectivity index (χ4n) is 1.25. The Labute approximate surface area is 87.1 Å². The molecule has 1 nitrogen and oxygen atoms in total. The van der Waals surface area contributed by atoms with Gasteiger partial charge in [-0.1, -0.05) is 37.3 Å². The Morgan fingerprint density at radius 1 is 1.14 bits per heavy atom.